The molecule has 0 saturated carbocycles. The summed E-state index contributed by atoms with van der Waals surface area (Å²) >= 11 is 0. The fraction of sp³-hybridized carbons (Fsp3) is 0.953. The monoisotopic (exact) mass is 1110 g/mol. The molecule has 2 aliphatic heterocycles. The first-order chi connectivity index (χ1) is 38.1. The molecule has 2 heterocycles. The first kappa shape index (κ1) is 72.8. The Morgan fingerprint density at radius 3 is 1.15 bits per heavy atom. The molecule has 12 atom stereocenters. The lowest BCUT2D eigenvalue weighted by Gasteiger charge is -2.46. The molecule has 9 N–H and O–H groups in total. The summed E-state index contributed by atoms with van der Waals surface area (Å²) in [5.41, 5.74) is 0. The average Bonchev–Trinajstić information content (AvgIpc) is 3.44. The number of carbonyl (C=O) groups excluding carboxylic acids is 1. The summed E-state index contributed by atoms with van der Waals surface area (Å²) in [6.45, 7) is 2.59. The van der Waals surface area contributed by atoms with E-state index in [1.807, 2.05) is 13.0 Å². The molecule has 2 saturated heterocycles. The van der Waals surface area contributed by atoms with Crippen LogP contribution in [0.5, 0.6) is 0 Å². The van der Waals surface area contributed by atoms with Gasteiger partial charge in [0.05, 0.1) is 32.0 Å². The van der Waals surface area contributed by atoms with Gasteiger partial charge in [-0.2, -0.15) is 0 Å². The molecule has 0 aromatic rings. The van der Waals surface area contributed by atoms with E-state index in [9.17, 15) is 45.6 Å². The van der Waals surface area contributed by atoms with Crippen molar-refractivity contribution in [3.8, 4) is 0 Å². The molecular weight excluding hydrogens is 991 g/mol. The van der Waals surface area contributed by atoms with E-state index < -0.39 is 86.8 Å². The molecule has 14 nitrogen and oxygen atoms in total. The van der Waals surface area contributed by atoms with Gasteiger partial charge in [-0.15, -0.1) is 0 Å². The third-order valence-corrected chi connectivity index (χ3v) is 16.5. The van der Waals surface area contributed by atoms with Gasteiger partial charge in [-0.1, -0.05) is 289 Å². The van der Waals surface area contributed by atoms with Crippen LogP contribution in [0.2, 0.25) is 0 Å². The van der Waals surface area contributed by atoms with Gasteiger partial charge in [0.15, 0.2) is 12.6 Å². The van der Waals surface area contributed by atoms with Crippen molar-refractivity contribution in [2.45, 2.75) is 370 Å². The Balaban J connectivity index is 1.39. The first-order valence-corrected chi connectivity index (χ1v) is 32.9. The lowest BCUT2D eigenvalue weighted by atomic mass is 9.97. The number of hydrogen-bond donors (Lipinski definition) is 9. The van der Waals surface area contributed by atoms with E-state index in [0.29, 0.717) is 6.42 Å². The summed E-state index contributed by atoms with van der Waals surface area (Å²) in [7, 11) is 0. The summed E-state index contributed by atoms with van der Waals surface area (Å²) in [6, 6.07) is -0.906. The normalized spacial score (nSPS) is 24.5. The highest BCUT2D eigenvalue weighted by Gasteiger charge is 2.51. The van der Waals surface area contributed by atoms with Crippen molar-refractivity contribution in [3.63, 3.8) is 0 Å². The largest absolute Gasteiger partial charge is 0.394 e. The van der Waals surface area contributed by atoms with Crippen molar-refractivity contribution in [1.82, 2.24) is 5.32 Å². The van der Waals surface area contributed by atoms with Gasteiger partial charge in [-0.05, 0) is 12.8 Å². The standard InChI is InChI=1S/C64H123NO13/c1-3-5-7-8-9-10-11-12-13-14-15-16-17-18-19-20-21-22-23-24-25-26-27-28-29-30-31-32-33-34-35-36-37-38-39-40-41-42-43-44-46-48-56(69)65-52(53(68)47-45-6-4-2)51-75-63-61(74)59(72)62(55(50-67)77-63)78-64-60(73)58(71)57(70)54(49-66)76-64/h45,47,52-55,57-64,66-68,70-74H,3-44,46,48-51H2,1-2H3,(H,65,69)/b47-45+. The Morgan fingerprint density at radius 1 is 0.449 bits per heavy atom. The van der Waals surface area contributed by atoms with Gasteiger partial charge < -0.3 is 65.1 Å². The molecule has 14 heteroatoms. The number of hydrogen-bond acceptors (Lipinski definition) is 13. The van der Waals surface area contributed by atoms with E-state index in [-0.39, 0.29) is 18.9 Å². The Morgan fingerprint density at radius 2 is 0.795 bits per heavy atom. The molecule has 0 aromatic heterocycles. The smallest absolute Gasteiger partial charge is 0.220 e. The van der Waals surface area contributed by atoms with Crippen molar-refractivity contribution in [2.24, 2.45) is 0 Å². The number of aliphatic hydroxyl groups excluding tert-OH is 8. The predicted octanol–water partition coefficient (Wildman–Crippen LogP) is 12.2. The number of aliphatic hydroxyl groups is 8. The van der Waals surface area contributed by atoms with Crippen molar-refractivity contribution in [3.05, 3.63) is 12.2 Å². The molecule has 0 aliphatic carbocycles. The summed E-state index contributed by atoms with van der Waals surface area (Å²) in [6.07, 6.45) is 44.6. The highest BCUT2D eigenvalue weighted by molar-refractivity contribution is 5.76. The van der Waals surface area contributed by atoms with E-state index >= 15 is 0 Å². The van der Waals surface area contributed by atoms with E-state index in [2.05, 4.69) is 12.2 Å². The second-order valence-corrected chi connectivity index (χ2v) is 23.6. The summed E-state index contributed by atoms with van der Waals surface area (Å²) in [4.78, 5) is 13.0. The van der Waals surface area contributed by atoms with Crippen LogP contribution >= 0.6 is 0 Å². The van der Waals surface area contributed by atoms with Gasteiger partial charge in [0.1, 0.15) is 48.8 Å². The van der Waals surface area contributed by atoms with Crippen LogP contribution < -0.4 is 5.32 Å². The molecule has 0 radical (unpaired) electrons. The summed E-state index contributed by atoms with van der Waals surface area (Å²) in [5.74, 6) is -0.246. The van der Waals surface area contributed by atoms with Crippen LogP contribution in [0.4, 0.5) is 0 Å². The lowest BCUT2D eigenvalue weighted by Crippen LogP contribution is -2.65. The van der Waals surface area contributed by atoms with E-state index in [1.165, 1.54) is 238 Å². The van der Waals surface area contributed by atoms with Gasteiger partial charge in [-0.25, -0.2) is 0 Å². The molecule has 1 amide bonds. The molecule has 2 rings (SSSR count). The topological polar surface area (TPSA) is 228 Å². The zero-order chi connectivity index (χ0) is 56.7. The summed E-state index contributed by atoms with van der Waals surface area (Å²) in [5, 5.41) is 86.1. The zero-order valence-corrected chi connectivity index (χ0v) is 49.9. The number of allylic oxidation sites excluding steroid dienone is 1. The fourth-order valence-corrected chi connectivity index (χ4v) is 11.2. The van der Waals surface area contributed by atoms with Crippen molar-refractivity contribution in [2.75, 3.05) is 19.8 Å². The highest BCUT2D eigenvalue weighted by atomic mass is 16.7. The van der Waals surface area contributed by atoms with Gasteiger partial charge in [0, 0.05) is 6.42 Å². The van der Waals surface area contributed by atoms with Crippen LogP contribution in [0.1, 0.15) is 296 Å². The van der Waals surface area contributed by atoms with E-state index in [4.69, 9.17) is 18.9 Å². The minimum absolute atomic E-state index is 0.246. The third kappa shape index (κ3) is 35.0. The van der Waals surface area contributed by atoms with Gasteiger partial charge >= 0.3 is 0 Å². The maximum Gasteiger partial charge on any atom is 0.220 e. The molecular formula is C64H123NO13. The lowest BCUT2D eigenvalue weighted by molar-refractivity contribution is -0.359. The average molecular weight is 1110 g/mol. The van der Waals surface area contributed by atoms with Crippen LogP contribution in [-0.4, -0.2) is 140 Å². The second-order valence-electron chi connectivity index (χ2n) is 23.6. The van der Waals surface area contributed by atoms with Gasteiger partial charge in [-0.3, -0.25) is 4.79 Å². The predicted molar refractivity (Wildman–Crippen MR) is 314 cm³/mol. The zero-order valence-electron chi connectivity index (χ0n) is 49.9. The van der Waals surface area contributed by atoms with Crippen LogP contribution in [0.3, 0.4) is 0 Å². The molecule has 0 spiro atoms. The Hall–Kier alpha value is -1.27. The minimum atomic E-state index is -1.78. The van der Waals surface area contributed by atoms with Gasteiger partial charge in [0.25, 0.3) is 0 Å². The fourth-order valence-electron chi connectivity index (χ4n) is 11.2. The Kier molecular flexibility index (Phi) is 46.9. The van der Waals surface area contributed by atoms with Crippen molar-refractivity contribution >= 4 is 5.91 Å². The quantitative estimate of drug-likeness (QED) is 0.0204. The maximum absolute atomic E-state index is 13.0. The number of carbonyl (C=O) groups is 1. The number of ether oxygens (including phenoxy) is 4. The van der Waals surface area contributed by atoms with Crippen molar-refractivity contribution in [1.29, 1.82) is 0 Å². The second kappa shape index (κ2) is 50.3. The number of nitrogens with one attached hydrogen (secondary N) is 1. The van der Waals surface area contributed by atoms with Crippen LogP contribution in [0.25, 0.3) is 0 Å². The van der Waals surface area contributed by atoms with E-state index in [0.717, 1.165) is 32.1 Å². The third-order valence-electron chi connectivity index (χ3n) is 16.5. The highest BCUT2D eigenvalue weighted by Crippen LogP contribution is 2.30. The number of rotatable bonds is 54. The molecule has 0 bridgehead atoms. The summed E-state index contributed by atoms with van der Waals surface area (Å²) < 4.78 is 22.5. The molecule has 2 fully saturated rings. The number of amides is 1. The first-order valence-electron chi connectivity index (χ1n) is 32.9. The molecule has 2 aliphatic rings. The molecule has 78 heavy (non-hydrogen) atoms. The van der Waals surface area contributed by atoms with Crippen LogP contribution in [-0.2, 0) is 23.7 Å². The van der Waals surface area contributed by atoms with Crippen LogP contribution in [0, 0.1) is 0 Å². The number of unbranched alkanes of at least 4 members (excludes halogenated alkanes) is 41. The van der Waals surface area contributed by atoms with Gasteiger partial charge in [0.2, 0.25) is 5.91 Å². The Bertz CT molecular complexity index is 1360. The minimum Gasteiger partial charge on any atom is -0.394 e. The molecule has 0 aromatic carbocycles. The molecule has 462 valence electrons. The molecule has 12 unspecified atom stereocenters. The maximum atomic E-state index is 13.0. The SMILES string of the molecule is CCC/C=C/C(O)C(COC1OC(CO)C(OC2OC(CO)C(O)C(O)C2O)C(O)C1O)NC(=O)CCCCCCCCCCCCCCCCCCCCCCCCCCCCCCCCCCCCCCCCCCC. The van der Waals surface area contributed by atoms with Crippen LogP contribution in [0.15, 0.2) is 12.2 Å². The van der Waals surface area contributed by atoms with E-state index in [1.54, 1.807) is 6.08 Å². The van der Waals surface area contributed by atoms with Crippen molar-refractivity contribution < 1.29 is 64.6 Å². The Labute approximate surface area is 476 Å².